The van der Waals surface area contributed by atoms with Crippen molar-refractivity contribution in [3.05, 3.63) is 30.3 Å². The Labute approximate surface area is 151 Å². The Morgan fingerprint density at radius 2 is 1.88 bits per heavy atom. The molecular formula is C19H30N2O3S. The van der Waals surface area contributed by atoms with Gasteiger partial charge < -0.3 is 5.32 Å². The lowest BCUT2D eigenvalue weighted by Crippen LogP contribution is -2.48. The van der Waals surface area contributed by atoms with Crippen LogP contribution in [0.25, 0.3) is 0 Å². The quantitative estimate of drug-likeness (QED) is 0.768. The van der Waals surface area contributed by atoms with Crippen LogP contribution >= 0.6 is 0 Å². The summed E-state index contributed by atoms with van der Waals surface area (Å²) in [5.41, 5.74) is 0. The second-order valence-electron chi connectivity index (χ2n) is 7.32. The van der Waals surface area contributed by atoms with Crippen LogP contribution in [0, 0.1) is 5.92 Å². The van der Waals surface area contributed by atoms with Gasteiger partial charge in [-0.25, -0.2) is 8.42 Å². The molecule has 0 spiro atoms. The highest BCUT2D eigenvalue weighted by atomic mass is 32.2. The number of carbonyl (C=O) groups excluding carboxylic acids is 1. The largest absolute Gasteiger partial charge is 0.352 e. The lowest BCUT2D eigenvalue weighted by Gasteiger charge is -2.25. The average Bonchev–Trinajstić information content (AvgIpc) is 3.06. The molecule has 140 valence electrons. The minimum Gasteiger partial charge on any atom is -0.352 e. The molecule has 1 aliphatic rings. The second kappa shape index (κ2) is 8.81. The van der Waals surface area contributed by atoms with Crippen LogP contribution in [0.4, 0.5) is 0 Å². The molecule has 1 aliphatic heterocycles. The third-order valence-electron chi connectivity index (χ3n) is 4.66. The zero-order valence-electron chi connectivity index (χ0n) is 15.4. The molecule has 1 fully saturated rings. The summed E-state index contributed by atoms with van der Waals surface area (Å²) < 4.78 is 27.0. The summed E-state index contributed by atoms with van der Waals surface area (Å²) in [6, 6.07) is 7.81. The van der Waals surface area contributed by atoms with Crippen molar-refractivity contribution in [3.63, 3.8) is 0 Å². The van der Waals surface area contributed by atoms with E-state index >= 15 is 0 Å². The van der Waals surface area contributed by atoms with Crippen molar-refractivity contribution < 1.29 is 13.2 Å². The van der Waals surface area contributed by atoms with Crippen LogP contribution < -0.4 is 5.32 Å². The number of sulfonamides is 1. The number of benzene rings is 1. The van der Waals surface area contributed by atoms with E-state index in [0.717, 1.165) is 19.3 Å². The van der Waals surface area contributed by atoms with E-state index in [9.17, 15) is 13.2 Å². The molecular weight excluding hydrogens is 336 g/mol. The first-order valence-electron chi connectivity index (χ1n) is 9.19. The predicted molar refractivity (Wildman–Crippen MR) is 99.6 cm³/mol. The Kier molecular flexibility index (Phi) is 7.02. The maximum atomic E-state index is 12.8. The van der Waals surface area contributed by atoms with Gasteiger partial charge in [0.2, 0.25) is 15.9 Å². The van der Waals surface area contributed by atoms with Crippen LogP contribution in [0.2, 0.25) is 0 Å². The first-order chi connectivity index (χ1) is 11.8. The van der Waals surface area contributed by atoms with Gasteiger partial charge in [-0.15, -0.1) is 0 Å². The van der Waals surface area contributed by atoms with Gasteiger partial charge in [-0.1, -0.05) is 44.9 Å². The normalized spacial score (nSPS) is 19.9. The van der Waals surface area contributed by atoms with Crippen LogP contribution in [-0.2, 0) is 14.8 Å². The maximum Gasteiger partial charge on any atom is 0.243 e. The Balaban J connectivity index is 2.00. The highest BCUT2D eigenvalue weighted by Gasteiger charge is 2.39. The van der Waals surface area contributed by atoms with Gasteiger partial charge in [-0.2, -0.15) is 4.31 Å². The van der Waals surface area contributed by atoms with Crippen molar-refractivity contribution in [2.45, 2.75) is 69.9 Å². The van der Waals surface area contributed by atoms with Crippen molar-refractivity contribution in [2.75, 3.05) is 6.54 Å². The lowest BCUT2D eigenvalue weighted by molar-refractivity contribution is -0.124. The van der Waals surface area contributed by atoms with Crippen LogP contribution in [0.1, 0.15) is 52.9 Å². The van der Waals surface area contributed by atoms with E-state index in [0.29, 0.717) is 25.3 Å². The molecule has 6 heteroatoms. The summed E-state index contributed by atoms with van der Waals surface area (Å²) in [6.07, 6.45) is 4.42. The fourth-order valence-electron chi connectivity index (χ4n) is 3.26. The molecule has 0 unspecified atom stereocenters. The maximum absolute atomic E-state index is 12.8. The highest BCUT2D eigenvalue weighted by Crippen LogP contribution is 2.26. The zero-order valence-corrected chi connectivity index (χ0v) is 16.3. The number of carbonyl (C=O) groups is 1. The number of hydrogen-bond acceptors (Lipinski definition) is 3. The van der Waals surface area contributed by atoms with Crippen LogP contribution in [0.3, 0.4) is 0 Å². The molecule has 0 aliphatic carbocycles. The van der Waals surface area contributed by atoms with Crippen molar-refractivity contribution in [3.8, 4) is 0 Å². The molecule has 1 aromatic carbocycles. The molecule has 2 rings (SSSR count). The number of rotatable bonds is 8. The minimum atomic E-state index is -3.62. The molecule has 0 bridgehead atoms. The molecule has 1 saturated heterocycles. The SMILES string of the molecule is CC(C)CCC[C@@H](C)NC(=O)[C@H]1CCCN1S(=O)(=O)c1ccccc1. The van der Waals surface area contributed by atoms with Gasteiger partial charge in [-0.3, -0.25) is 4.79 Å². The molecule has 0 aromatic heterocycles. The summed E-state index contributed by atoms with van der Waals surface area (Å²) in [7, 11) is -3.62. The van der Waals surface area contributed by atoms with Crippen LogP contribution in [-0.4, -0.2) is 37.3 Å². The fourth-order valence-corrected chi connectivity index (χ4v) is 4.94. The van der Waals surface area contributed by atoms with E-state index in [1.54, 1.807) is 30.3 Å². The van der Waals surface area contributed by atoms with Crippen LogP contribution in [0.15, 0.2) is 35.2 Å². The number of nitrogens with zero attached hydrogens (tertiary/aromatic N) is 1. The Morgan fingerprint density at radius 1 is 1.20 bits per heavy atom. The Morgan fingerprint density at radius 3 is 2.52 bits per heavy atom. The standard InChI is InChI=1S/C19H30N2O3S/c1-15(2)9-7-10-16(3)20-19(22)18-13-8-14-21(18)25(23,24)17-11-5-4-6-12-17/h4-6,11-12,15-16,18H,7-10,13-14H2,1-3H3,(H,20,22)/t16-,18-/m1/s1. The van der Waals surface area contributed by atoms with E-state index in [2.05, 4.69) is 19.2 Å². The van der Waals surface area contributed by atoms with Crippen LogP contribution in [0.5, 0.6) is 0 Å². The summed E-state index contributed by atoms with van der Waals surface area (Å²) in [4.78, 5) is 12.9. The summed E-state index contributed by atoms with van der Waals surface area (Å²) >= 11 is 0. The van der Waals surface area contributed by atoms with Gasteiger partial charge in [0.25, 0.3) is 0 Å². The lowest BCUT2D eigenvalue weighted by atomic mass is 10.0. The Bertz CT molecular complexity index is 659. The third kappa shape index (κ3) is 5.28. The van der Waals surface area contributed by atoms with Crippen molar-refractivity contribution in [2.24, 2.45) is 5.92 Å². The van der Waals surface area contributed by atoms with E-state index in [-0.39, 0.29) is 16.8 Å². The number of nitrogens with one attached hydrogen (secondary N) is 1. The van der Waals surface area contributed by atoms with Gasteiger partial charge in [-0.05, 0) is 44.2 Å². The van der Waals surface area contributed by atoms with E-state index in [4.69, 9.17) is 0 Å². The zero-order chi connectivity index (χ0) is 18.4. The smallest absolute Gasteiger partial charge is 0.243 e. The summed E-state index contributed by atoms with van der Waals surface area (Å²) in [6.45, 7) is 6.77. The van der Waals surface area contributed by atoms with Gasteiger partial charge in [0, 0.05) is 12.6 Å². The molecule has 2 atom stereocenters. The van der Waals surface area contributed by atoms with Gasteiger partial charge in [0.15, 0.2) is 0 Å². The highest BCUT2D eigenvalue weighted by molar-refractivity contribution is 7.89. The molecule has 1 N–H and O–H groups in total. The first kappa shape index (κ1) is 19.9. The van der Waals surface area contributed by atoms with E-state index < -0.39 is 16.1 Å². The number of hydrogen-bond donors (Lipinski definition) is 1. The first-order valence-corrected chi connectivity index (χ1v) is 10.6. The van der Waals surface area contributed by atoms with Gasteiger partial charge in [0.1, 0.15) is 6.04 Å². The van der Waals surface area contributed by atoms with Gasteiger partial charge >= 0.3 is 0 Å². The molecule has 25 heavy (non-hydrogen) atoms. The van der Waals surface area contributed by atoms with Gasteiger partial charge in [0.05, 0.1) is 4.90 Å². The average molecular weight is 367 g/mol. The van der Waals surface area contributed by atoms with Crippen molar-refractivity contribution in [1.29, 1.82) is 0 Å². The topological polar surface area (TPSA) is 66.5 Å². The molecule has 1 amide bonds. The fraction of sp³-hybridized carbons (Fsp3) is 0.632. The molecule has 0 radical (unpaired) electrons. The molecule has 1 aromatic rings. The molecule has 5 nitrogen and oxygen atoms in total. The second-order valence-corrected chi connectivity index (χ2v) is 9.21. The molecule has 0 saturated carbocycles. The predicted octanol–water partition coefficient (Wildman–Crippen LogP) is 3.17. The number of amides is 1. The molecule has 1 heterocycles. The van der Waals surface area contributed by atoms with E-state index in [1.165, 1.54) is 4.31 Å². The minimum absolute atomic E-state index is 0.0631. The van der Waals surface area contributed by atoms with Crippen molar-refractivity contribution >= 4 is 15.9 Å². The van der Waals surface area contributed by atoms with Crippen molar-refractivity contribution in [1.82, 2.24) is 9.62 Å². The Hall–Kier alpha value is -1.40. The van der Waals surface area contributed by atoms with E-state index in [1.807, 2.05) is 6.92 Å². The summed E-state index contributed by atoms with van der Waals surface area (Å²) in [5.74, 6) is 0.485. The summed E-state index contributed by atoms with van der Waals surface area (Å²) in [5, 5.41) is 3.00. The third-order valence-corrected chi connectivity index (χ3v) is 6.59. The monoisotopic (exact) mass is 366 g/mol.